The Bertz CT molecular complexity index is 400. The highest BCUT2D eigenvalue weighted by atomic mass is 35.5. The second kappa shape index (κ2) is 9.26. The normalized spacial score (nSPS) is 17.6. The Morgan fingerprint density at radius 1 is 1.00 bits per heavy atom. The summed E-state index contributed by atoms with van der Waals surface area (Å²) >= 11 is 5.84. The van der Waals surface area contributed by atoms with E-state index in [1.165, 1.54) is 6.42 Å². The van der Waals surface area contributed by atoms with Crippen LogP contribution in [0.2, 0.25) is 5.02 Å². The third-order valence-electron chi connectivity index (χ3n) is 3.80. The number of rotatable bonds is 7. The molecule has 0 bridgehead atoms. The first-order chi connectivity index (χ1) is 10.3. The van der Waals surface area contributed by atoms with Crippen LogP contribution < -0.4 is 4.74 Å². The van der Waals surface area contributed by atoms with Crippen molar-refractivity contribution in [3.05, 3.63) is 29.3 Å². The molecule has 0 radical (unpaired) electrons. The summed E-state index contributed by atoms with van der Waals surface area (Å²) < 4.78 is 5.71. The molecule has 0 spiro atoms. The smallest absolute Gasteiger partial charge is 0.119 e. The Labute approximate surface area is 132 Å². The van der Waals surface area contributed by atoms with Gasteiger partial charge in [0.2, 0.25) is 0 Å². The molecule has 1 aliphatic heterocycles. The molecule has 2 rings (SSSR count). The molecule has 0 amide bonds. The largest absolute Gasteiger partial charge is 0.494 e. The molecule has 0 unspecified atom stereocenters. The average molecular weight is 313 g/mol. The van der Waals surface area contributed by atoms with Gasteiger partial charge >= 0.3 is 0 Å². The van der Waals surface area contributed by atoms with E-state index in [2.05, 4.69) is 9.80 Å². The number of nitrogens with zero attached hydrogens (tertiary/aromatic N) is 2. The van der Waals surface area contributed by atoms with Gasteiger partial charge in [0.15, 0.2) is 0 Å². The number of hydrogen-bond donors (Lipinski definition) is 1. The monoisotopic (exact) mass is 312 g/mol. The van der Waals surface area contributed by atoms with E-state index in [0.29, 0.717) is 0 Å². The number of aliphatic hydroxyl groups excluding tert-OH is 1. The zero-order valence-electron chi connectivity index (χ0n) is 12.5. The lowest BCUT2D eigenvalue weighted by molar-refractivity contribution is 0.194. The first-order valence-electron chi connectivity index (χ1n) is 7.72. The van der Waals surface area contributed by atoms with Crippen LogP contribution in [0, 0.1) is 0 Å². The molecule has 1 saturated heterocycles. The van der Waals surface area contributed by atoms with E-state index < -0.39 is 0 Å². The Morgan fingerprint density at radius 3 is 2.33 bits per heavy atom. The van der Waals surface area contributed by atoms with Crippen LogP contribution in [0.15, 0.2) is 24.3 Å². The summed E-state index contributed by atoms with van der Waals surface area (Å²) in [4.78, 5) is 4.83. The van der Waals surface area contributed by atoms with Crippen molar-refractivity contribution in [3.63, 3.8) is 0 Å². The summed E-state index contributed by atoms with van der Waals surface area (Å²) in [7, 11) is 0. The van der Waals surface area contributed by atoms with Crippen molar-refractivity contribution >= 4 is 11.6 Å². The van der Waals surface area contributed by atoms with Crippen molar-refractivity contribution < 1.29 is 9.84 Å². The lowest BCUT2D eigenvalue weighted by Crippen LogP contribution is -2.33. The molecule has 1 aromatic rings. The number of β-amino-alcohol motifs (C(OH)–C–C–N with tert-alkyl or cyclic N) is 1. The Balaban J connectivity index is 1.61. The maximum Gasteiger partial charge on any atom is 0.119 e. The number of benzene rings is 1. The van der Waals surface area contributed by atoms with Gasteiger partial charge in [-0.1, -0.05) is 11.6 Å². The van der Waals surface area contributed by atoms with Crippen LogP contribution >= 0.6 is 11.6 Å². The third-order valence-corrected chi connectivity index (χ3v) is 4.05. The van der Waals surface area contributed by atoms with Gasteiger partial charge in [-0.2, -0.15) is 0 Å². The molecule has 118 valence electrons. The van der Waals surface area contributed by atoms with Crippen LogP contribution in [-0.2, 0) is 0 Å². The second-order valence-electron chi connectivity index (χ2n) is 5.42. The maximum absolute atomic E-state index is 8.99. The van der Waals surface area contributed by atoms with Crippen LogP contribution in [0.25, 0.3) is 0 Å². The minimum Gasteiger partial charge on any atom is -0.494 e. The highest BCUT2D eigenvalue weighted by Gasteiger charge is 2.13. The molecule has 1 heterocycles. The highest BCUT2D eigenvalue weighted by Crippen LogP contribution is 2.15. The van der Waals surface area contributed by atoms with E-state index in [-0.39, 0.29) is 6.61 Å². The molecule has 21 heavy (non-hydrogen) atoms. The second-order valence-corrected chi connectivity index (χ2v) is 5.85. The third kappa shape index (κ3) is 6.22. The quantitative estimate of drug-likeness (QED) is 0.782. The van der Waals surface area contributed by atoms with Gasteiger partial charge in [0.25, 0.3) is 0 Å². The predicted octanol–water partition coefficient (Wildman–Crippen LogP) is 2.11. The van der Waals surface area contributed by atoms with Gasteiger partial charge in [0.05, 0.1) is 13.2 Å². The van der Waals surface area contributed by atoms with Crippen LogP contribution in [-0.4, -0.2) is 67.4 Å². The Kier molecular flexibility index (Phi) is 7.30. The van der Waals surface area contributed by atoms with E-state index in [1.807, 2.05) is 24.3 Å². The maximum atomic E-state index is 8.99. The summed E-state index contributed by atoms with van der Waals surface area (Å²) in [5, 5.41) is 9.73. The van der Waals surface area contributed by atoms with Crippen molar-refractivity contribution in [2.24, 2.45) is 0 Å². The van der Waals surface area contributed by atoms with E-state index in [0.717, 1.165) is 63.1 Å². The van der Waals surface area contributed by atoms with Gasteiger partial charge in [0, 0.05) is 31.2 Å². The van der Waals surface area contributed by atoms with Gasteiger partial charge < -0.3 is 14.7 Å². The van der Waals surface area contributed by atoms with Crippen molar-refractivity contribution in [2.75, 3.05) is 52.5 Å². The van der Waals surface area contributed by atoms with Gasteiger partial charge in [-0.15, -0.1) is 0 Å². The number of halogens is 1. The molecule has 1 aliphatic rings. The van der Waals surface area contributed by atoms with Crippen LogP contribution in [0.3, 0.4) is 0 Å². The minimum atomic E-state index is 0.259. The summed E-state index contributed by atoms with van der Waals surface area (Å²) in [6, 6.07) is 7.50. The zero-order chi connectivity index (χ0) is 14.9. The Morgan fingerprint density at radius 2 is 1.67 bits per heavy atom. The van der Waals surface area contributed by atoms with Crippen molar-refractivity contribution in [3.8, 4) is 5.75 Å². The fourth-order valence-electron chi connectivity index (χ4n) is 2.62. The molecule has 1 N–H and O–H groups in total. The molecule has 1 fully saturated rings. The number of hydrogen-bond acceptors (Lipinski definition) is 4. The van der Waals surface area contributed by atoms with Crippen molar-refractivity contribution in [1.29, 1.82) is 0 Å². The molecular formula is C16H25ClN2O2. The highest BCUT2D eigenvalue weighted by molar-refractivity contribution is 6.30. The average Bonchev–Trinajstić information content (AvgIpc) is 2.71. The first kappa shape index (κ1) is 16.6. The summed E-state index contributed by atoms with van der Waals surface area (Å²) in [5.74, 6) is 0.879. The zero-order valence-corrected chi connectivity index (χ0v) is 13.3. The van der Waals surface area contributed by atoms with Crippen LogP contribution in [0.1, 0.15) is 12.8 Å². The van der Waals surface area contributed by atoms with Crippen LogP contribution in [0.4, 0.5) is 0 Å². The van der Waals surface area contributed by atoms with Gasteiger partial charge in [-0.3, -0.25) is 4.90 Å². The van der Waals surface area contributed by atoms with E-state index in [1.54, 1.807) is 0 Å². The molecule has 1 aromatic carbocycles. The predicted molar refractivity (Wildman–Crippen MR) is 86.1 cm³/mol. The summed E-state index contributed by atoms with van der Waals surface area (Å²) in [6.45, 7) is 7.24. The molecular weight excluding hydrogens is 288 g/mol. The standard InChI is InChI=1S/C16H25ClN2O2/c17-15-3-5-16(6-4-15)21-14-2-9-18-7-1-8-19(11-10-18)12-13-20/h3-6,20H,1-2,7-14H2. The van der Waals surface area contributed by atoms with Crippen molar-refractivity contribution in [1.82, 2.24) is 9.80 Å². The molecule has 0 saturated carbocycles. The lowest BCUT2D eigenvalue weighted by Gasteiger charge is -2.21. The first-order valence-corrected chi connectivity index (χ1v) is 8.09. The fourth-order valence-corrected chi connectivity index (χ4v) is 2.75. The van der Waals surface area contributed by atoms with Gasteiger partial charge in [-0.25, -0.2) is 0 Å². The van der Waals surface area contributed by atoms with E-state index in [4.69, 9.17) is 21.4 Å². The fraction of sp³-hybridized carbons (Fsp3) is 0.625. The van der Waals surface area contributed by atoms with Gasteiger partial charge in [0.1, 0.15) is 5.75 Å². The number of aliphatic hydroxyl groups is 1. The van der Waals surface area contributed by atoms with Crippen molar-refractivity contribution in [2.45, 2.75) is 12.8 Å². The van der Waals surface area contributed by atoms with E-state index in [9.17, 15) is 0 Å². The lowest BCUT2D eigenvalue weighted by atomic mass is 10.3. The van der Waals surface area contributed by atoms with E-state index >= 15 is 0 Å². The van der Waals surface area contributed by atoms with Gasteiger partial charge in [-0.05, 0) is 50.2 Å². The topological polar surface area (TPSA) is 35.9 Å². The summed E-state index contributed by atoms with van der Waals surface area (Å²) in [6.07, 6.45) is 2.21. The Hall–Kier alpha value is -0.810. The minimum absolute atomic E-state index is 0.259. The van der Waals surface area contributed by atoms with Crippen LogP contribution in [0.5, 0.6) is 5.75 Å². The molecule has 0 aliphatic carbocycles. The molecule has 4 nitrogen and oxygen atoms in total. The SMILES string of the molecule is OCCN1CCCN(CCCOc2ccc(Cl)cc2)CC1. The summed E-state index contributed by atoms with van der Waals surface area (Å²) in [5.41, 5.74) is 0. The molecule has 0 aromatic heterocycles. The molecule has 0 atom stereocenters. The number of ether oxygens (including phenoxy) is 1. The molecule has 5 heteroatoms.